The van der Waals surface area contributed by atoms with Crippen LogP contribution in [0.15, 0.2) is 12.3 Å². The van der Waals surface area contributed by atoms with E-state index in [9.17, 15) is 0 Å². The van der Waals surface area contributed by atoms with Gasteiger partial charge in [-0.05, 0) is 64.6 Å². The Morgan fingerprint density at radius 1 is 1.47 bits per heavy atom. The molecule has 0 aliphatic heterocycles. The number of nitrogens with one attached hydrogen (secondary N) is 1. The monoisotopic (exact) mass is 278 g/mol. The van der Waals surface area contributed by atoms with Gasteiger partial charge in [0.15, 0.2) is 10.4 Å². The van der Waals surface area contributed by atoms with Crippen molar-refractivity contribution in [3.05, 3.63) is 22.6 Å². The molecule has 5 heteroatoms. The van der Waals surface area contributed by atoms with Gasteiger partial charge in [-0.1, -0.05) is 0 Å². The molecule has 0 saturated carbocycles. The fraction of sp³-hybridized carbons (Fsp3) is 0.571. The second kappa shape index (κ2) is 5.84. The van der Waals surface area contributed by atoms with Gasteiger partial charge in [0, 0.05) is 18.8 Å². The van der Waals surface area contributed by atoms with Crippen LogP contribution < -0.4 is 0 Å². The molecule has 0 aliphatic carbocycles. The predicted octanol–water partition coefficient (Wildman–Crippen LogP) is 3.13. The molecule has 1 N–H and O–H groups in total. The van der Waals surface area contributed by atoms with E-state index in [2.05, 4.69) is 47.3 Å². The molecule has 0 bridgehead atoms. The van der Waals surface area contributed by atoms with E-state index in [0.717, 1.165) is 35.4 Å². The molecule has 0 aliphatic rings. The highest BCUT2D eigenvalue weighted by Crippen LogP contribution is 2.15. The number of H-pyrrole nitrogens is 1. The standard InChI is InChI=1S/C14H22N4S/c1-10(2)17(4)8-5-9-18-13-12(16-14(18)19)11(3)6-7-15-13/h6-7,10H,5,8-9H2,1-4H3,(H,16,19). The Morgan fingerprint density at radius 3 is 2.89 bits per heavy atom. The number of nitrogens with zero attached hydrogens (tertiary/aromatic N) is 3. The van der Waals surface area contributed by atoms with E-state index in [1.165, 1.54) is 5.56 Å². The average molecular weight is 278 g/mol. The normalized spacial score (nSPS) is 11.9. The first kappa shape index (κ1) is 14.2. The number of hydrogen-bond donors (Lipinski definition) is 1. The van der Waals surface area contributed by atoms with Gasteiger partial charge >= 0.3 is 0 Å². The van der Waals surface area contributed by atoms with E-state index in [4.69, 9.17) is 12.2 Å². The second-order valence-electron chi connectivity index (χ2n) is 5.34. The SMILES string of the molecule is Cc1ccnc2c1[nH]c(=S)n2CCCN(C)C(C)C. The molecule has 0 aromatic carbocycles. The number of pyridine rings is 1. The highest BCUT2D eigenvalue weighted by Gasteiger charge is 2.08. The van der Waals surface area contributed by atoms with Crippen molar-refractivity contribution in [2.24, 2.45) is 0 Å². The van der Waals surface area contributed by atoms with Crippen LogP contribution in [0.1, 0.15) is 25.8 Å². The highest BCUT2D eigenvalue weighted by atomic mass is 32.1. The molecule has 0 saturated heterocycles. The highest BCUT2D eigenvalue weighted by molar-refractivity contribution is 7.71. The van der Waals surface area contributed by atoms with Gasteiger partial charge < -0.3 is 14.5 Å². The number of fused-ring (bicyclic) bond motifs is 1. The van der Waals surface area contributed by atoms with Gasteiger partial charge in [-0.25, -0.2) is 4.98 Å². The van der Waals surface area contributed by atoms with E-state index in [1.807, 2.05) is 12.3 Å². The minimum atomic E-state index is 0.580. The Kier molecular flexibility index (Phi) is 4.37. The number of rotatable bonds is 5. The zero-order chi connectivity index (χ0) is 14.0. The topological polar surface area (TPSA) is 36.9 Å². The van der Waals surface area contributed by atoms with E-state index in [0.29, 0.717) is 6.04 Å². The smallest absolute Gasteiger partial charge is 0.179 e. The van der Waals surface area contributed by atoms with E-state index < -0.39 is 0 Å². The fourth-order valence-electron chi connectivity index (χ4n) is 2.12. The molecule has 2 heterocycles. The van der Waals surface area contributed by atoms with Crippen molar-refractivity contribution in [3.63, 3.8) is 0 Å². The molecule has 0 unspecified atom stereocenters. The molecule has 4 nitrogen and oxygen atoms in total. The first-order valence-corrected chi connectivity index (χ1v) is 7.16. The summed E-state index contributed by atoms with van der Waals surface area (Å²) in [5.74, 6) is 0. The molecule has 2 aromatic rings. The van der Waals surface area contributed by atoms with Crippen LogP contribution in [0.4, 0.5) is 0 Å². The number of hydrogen-bond acceptors (Lipinski definition) is 3. The molecule has 2 aromatic heterocycles. The summed E-state index contributed by atoms with van der Waals surface area (Å²) in [7, 11) is 2.15. The number of imidazole rings is 1. The Labute approximate surface area is 119 Å². The summed E-state index contributed by atoms with van der Waals surface area (Å²) >= 11 is 5.40. The lowest BCUT2D eigenvalue weighted by atomic mass is 10.3. The van der Waals surface area contributed by atoms with Gasteiger partial charge in [0.05, 0.1) is 5.52 Å². The molecular formula is C14H22N4S. The van der Waals surface area contributed by atoms with Crippen molar-refractivity contribution >= 4 is 23.4 Å². The Morgan fingerprint density at radius 2 is 2.21 bits per heavy atom. The summed E-state index contributed by atoms with van der Waals surface area (Å²) in [5, 5.41) is 0. The second-order valence-corrected chi connectivity index (χ2v) is 5.72. The van der Waals surface area contributed by atoms with Gasteiger partial charge in [-0.2, -0.15) is 0 Å². The minimum Gasteiger partial charge on any atom is -0.329 e. The van der Waals surface area contributed by atoms with Crippen molar-refractivity contribution in [3.8, 4) is 0 Å². The zero-order valence-electron chi connectivity index (χ0n) is 12.1. The molecular weight excluding hydrogens is 256 g/mol. The molecule has 0 amide bonds. The molecule has 19 heavy (non-hydrogen) atoms. The van der Waals surface area contributed by atoms with Crippen LogP contribution in [-0.4, -0.2) is 39.1 Å². The van der Waals surface area contributed by atoms with Crippen molar-refractivity contribution in [1.29, 1.82) is 0 Å². The molecule has 0 radical (unpaired) electrons. The summed E-state index contributed by atoms with van der Waals surface area (Å²) in [5.41, 5.74) is 3.22. The van der Waals surface area contributed by atoms with Crippen molar-refractivity contribution in [1.82, 2.24) is 19.4 Å². The number of aryl methyl sites for hydroxylation is 2. The lowest BCUT2D eigenvalue weighted by Gasteiger charge is -2.20. The van der Waals surface area contributed by atoms with Crippen LogP contribution in [-0.2, 0) is 6.54 Å². The summed E-state index contributed by atoms with van der Waals surface area (Å²) < 4.78 is 2.87. The summed E-state index contributed by atoms with van der Waals surface area (Å²) in [6.07, 6.45) is 2.92. The number of aromatic nitrogens is 3. The van der Waals surface area contributed by atoms with Gasteiger partial charge in [0.2, 0.25) is 0 Å². The predicted molar refractivity (Wildman–Crippen MR) is 82.0 cm³/mol. The van der Waals surface area contributed by atoms with Crippen molar-refractivity contribution < 1.29 is 0 Å². The van der Waals surface area contributed by atoms with E-state index in [1.54, 1.807) is 0 Å². The third-order valence-electron chi connectivity index (χ3n) is 3.65. The maximum absolute atomic E-state index is 5.40. The summed E-state index contributed by atoms with van der Waals surface area (Å²) in [6.45, 7) is 8.47. The third kappa shape index (κ3) is 3.04. The van der Waals surface area contributed by atoms with Crippen LogP contribution in [0, 0.1) is 11.7 Å². The lowest BCUT2D eigenvalue weighted by molar-refractivity contribution is 0.265. The first-order chi connectivity index (χ1) is 9.00. The molecule has 104 valence electrons. The molecule has 0 atom stereocenters. The fourth-order valence-corrected chi connectivity index (χ4v) is 2.40. The van der Waals surface area contributed by atoms with Crippen molar-refractivity contribution in [2.75, 3.05) is 13.6 Å². The van der Waals surface area contributed by atoms with Crippen LogP contribution in [0.2, 0.25) is 0 Å². The first-order valence-electron chi connectivity index (χ1n) is 6.75. The van der Waals surface area contributed by atoms with Crippen LogP contribution >= 0.6 is 12.2 Å². The van der Waals surface area contributed by atoms with Gasteiger partial charge in [0.1, 0.15) is 0 Å². The van der Waals surface area contributed by atoms with E-state index >= 15 is 0 Å². The Hall–Kier alpha value is -1.20. The quantitative estimate of drug-likeness (QED) is 0.854. The Bertz CT molecular complexity index is 611. The summed E-state index contributed by atoms with van der Waals surface area (Å²) in [6, 6.07) is 2.58. The Balaban J connectivity index is 2.15. The maximum atomic E-state index is 5.40. The van der Waals surface area contributed by atoms with Crippen LogP contribution in [0.3, 0.4) is 0 Å². The van der Waals surface area contributed by atoms with Gasteiger partial charge in [0.25, 0.3) is 0 Å². The molecule has 0 spiro atoms. The minimum absolute atomic E-state index is 0.580. The largest absolute Gasteiger partial charge is 0.329 e. The van der Waals surface area contributed by atoms with Gasteiger partial charge in [-0.15, -0.1) is 0 Å². The third-order valence-corrected chi connectivity index (χ3v) is 3.97. The number of aromatic amines is 1. The summed E-state index contributed by atoms with van der Waals surface area (Å²) in [4.78, 5) is 10.0. The average Bonchev–Trinajstić information content (AvgIpc) is 2.68. The maximum Gasteiger partial charge on any atom is 0.179 e. The zero-order valence-corrected chi connectivity index (χ0v) is 12.9. The van der Waals surface area contributed by atoms with Gasteiger partial charge in [-0.3, -0.25) is 0 Å². The lowest BCUT2D eigenvalue weighted by Crippen LogP contribution is -2.27. The van der Waals surface area contributed by atoms with Crippen molar-refractivity contribution in [2.45, 2.75) is 39.8 Å². The van der Waals surface area contributed by atoms with E-state index in [-0.39, 0.29) is 0 Å². The van der Waals surface area contributed by atoms with Crippen LogP contribution in [0.25, 0.3) is 11.2 Å². The molecule has 0 fully saturated rings. The van der Waals surface area contributed by atoms with Crippen LogP contribution in [0.5, 0.6) is 0 Å². The molecule has 2 rings (SSSR count).